The highest BCUT2D eigenvalue weighted by molar-refractivity contribution is 4.90. The van der Waals surface area contributed by atoms with E-state index in [0.29, 0.717) is 6.04 Å². The standard InChI is InChI=1S/C13H25NO2/c1-10-8-14(9-13(2,3)16-10)11-6-4-5-7-12(11)15/h10-12,15H,4-9H2,1-3H3/t10?,11-,12-/m1/s1. The van der Waals surface area contributed by atoms with Gasteiger partial charge in [0.2, 0.25) is 0 Å². The van der Waals surface area contributed by atoms with Crippen molar-refractivity contribution < 1.29 is 9.84 Å². The van der Waals surface area contributed by atoms with Crippen LogP contribution in [0, 0.1) is 0 Å². The second-order valence-corrected chi connectivity index (χ2v) is 6.04. The summed E-state index contributed by atoms with van der Waals surface area (Å²) in [4.78, 5) is 2.44. The molecule has 0 amide bonds. The topological polar surface area (TPSA) is 32.7 Å². The van der Waals surface area contributed by atoms with Crippen LogP contribution in [-0.2, 0) is 4.74 Å². The fourth-order valence-corrected chi connectivity index (χ4v) is 3.27. The Bertz CT molecular complexity index is 242. The molecule has 0 aromatic rings. The van der Waals surface area contributed by atoms with Crippen LogP contribution in [0.25, 0.3) is 0 Å². The van der Waals surface area contributed by atoms with Crippen molar-refractivity contribution in [3.63, 3.8) is 0 Å². The molecule has 2 fully saturated rings. The Balaban J connectivity index is 2.02. The highest BCUT2D eigenvalue weighted by atomic mass is 16.5. The van der Waals surface area contributed by atoms with Gasteiger partial charge in [-0.05, 0) is 33.6 Å². The first-order valence-corrected chi connectivity index (χ1v) is 6.58. The molecule has 0 bridgehead atoms. The SMILES string of the molecule is CC1CN([C@@H]2CCCC[C@H]2O)CC(C)(C)O1. The van der Waals surface area contributed by atoms with Crippen molar-refractivity contribution in [2.45, 2.75) is 70.3 Å². The molecule has 2 rings (SSSR count). The Morgan fingerprint density at radius 2 is 1.94 bits per heavy atom. The van der Waals surface area contributed by atoms with Gasteiger partial charge in [-0.25, -0.2) is 0 Å². The van der Waals surface area contributed by atoms with Crippen LogP contribution in [0.1, 0.15) is 46.5 Å². The lowest BCUT2D eigenvalue weighted by Gasteiger charge is -2.47. The van der Waals surface area contributed by atoms with Crippen LogP contribution in [-0.4, -0.2) is 46.9 Å². The zero-order valence-electron chi connectivity index (χ0n) is 10.8. The molecule has 1 aliphatic carbocycles. The van der Waals surface area contributed by atoms with Crippen molar-refractivity contribution in [1.82, 2.24) is 4.90 Å². The molecule has 0 spiro atoms. The fourth-order valence-electron chi connectivity index (χ4n) is 3.27. The molecule has 0 radical (unpaired) electrons. The summed E-state index contributed by atoms with van der Waals surface area (Å²) in [5.41, 5.74) is -0.0746. The molecule has 2 aliphatic rings. The lowest BCUT2D eigenvalue weighted by atomic mass is 9.89. The maximum Gasteiger partial charge on any atom is 0.0757 e. The van der Waals surface area contributed by atoms with Crippen molar-refractivity contribution in [2.75, 3.05) is 13.1 Å². The number of morpholine rings is 1. The maximum atomic E-state index is 10.1. The van der Waals surface area contributed by atoms with E-state index in [4.69, 9.17) is 4.74 Å². The van der Waals surface area contributed by atoms with E-state index in [0.717, 1.165) is 25.9 Å². The zero-order chi connectivity index (χ0) is 11.8. The molecule has 3 nitrogen and oxygen atoms in total. The van der Waals surface area contributed by atoms with Gasteiger partial charge in [0.25, 0.3) is 0 Å². The molecule has 1 aliphatic heterocycles. The van der Waals surface area contributed by atoms with E-state index in [9.17, 15) is 5.11 Å². The number of nitrogens with zero attached hydrogens (tertiary/aromatic N) is 1. The van der Waals surface area contributed by atoms with E-state index in [1.165, 1.54) is 12.8 Å². The van der Waals surface area contributed by atoms with Crippen molar-refractivity contribution in [1.29, 1.82) is 0 Å². The van der Waals surface area contributed by atoms with E-state index in [1.807, 2.05) is 0 Å². The summed E-state index contributed by atoms with van der Waals surface area (Å²) in [5, 5.41) is 10.1. The van der Waals surface area contributed by atoms with Gasteiger partial charge in [-0.2, -0.15) is 0 Å². The Labute approximate surface area is 98.8 Å². The van der Waals surface area contributed by atoms with Gasteiger partial charge in [-0.3, -0.25) is 4.90 Å². The third kappa shape index (κ3) is 2.76. The van der Waals surface area contributed by atoms with Gasteiger partial charge in [0.15, 0.2) is 0 Å². The molecule has 0 aromatic heterocycles. The average Bonchev–Trinajstić information content (AvgIpc) is 2.15. The highest BCUT2D eigenvalue weighted by Gasteiger charge is 2.37. The molecule has 3 heteroatoms. The molecule has 94 valence electrons. The number of aliphatic hydroxyl groups excluding tert-OH is 1. The van der Waals surface area contributed by atoms with Crippen LogP contribution >= 0.6 is 0 Å². The lowest BCUT2D eigenvalue weighted by molar-refractivity contribution is -0.150. The van der Waals surface area contributed by atoms with E-state index in [2.05, 4.69) is 25.7 Å². The summed E-state index contributed by atoms with van der Waals surface area (Å²) in [7, 11) is 0. The zero-order valence-corrected chi connectivity index (χ0v) is 10.8. The summed E-state index contributed by atoms with van der Waals surface area (Å²) in [5.74, 6) is 0. The maximum absolute atomic E-state index is 10.1. The monoisotopic (exact) mass is 227 g/mol. The van der Waals surface area contributed by atoms with E-state index in [1.54, 1.807) is 0 Å². The Morgan fingerprint density at radius 3 is 2.56 bits per heavy atom. The van der Waals surface area contributed by atoms with Crippen molar-refractivity contribution in [3.8, 4) is 0 Å². The Morgan fingerprint density at radius 1 is 1.25 bits per heavy atom. The summed E-state index contributed by atoms with van der Waals surface area (Å²) in [6.45, 7) is 8.32. The van der Waals surface area contributed by atoms with Gasteiger partial charge in [-0.15, -0.1) is 0 Å². The van der Waals surface area contributed by atoms with Crippen LogP contribution < -0.4 is 0 Å². The molecule has 0 aromatic carbocycles. The Hall–Kier alpha value is -0.120. The summed E-state index contributed by atoms with van der Waals surface area (Å²) in [6, 6.07) is 0.361. The van der Waals surface area contributed by atoms with Crippen LogP contribution in [0.5, 0.6) is 0 Å². The van der Waals surface area contributed by atoms with Gasteiger partial charge < -0.3 is 9.84 Å². The highest BCUT2D eigenvalue weighted by Crippen LogP contribution is 2.29. The second-order valence-electron chi connectivity index (χ2n) is 6.04. The second kappa shape index (κ2) is 4.63. The van der Waals surface area contributed by atoms with Gasteiger partial charge in [0, 0.05) is 19.1 Å². The van der Waals surface area contributed by atoms with Crippen LogP contribution in [0.3, 0.4) is 0 Å². The largest absolute Gasteiger partial charge is 0.391 e. The Kier molecular flexibility index (Phi) is 3.57. The first-order valence-electron chi connectivity index (χ1n) is 6.58. The van der Waals surface area contributed by atoms with Crippen molar-refractivity contribution in [3.05, 3.63) is 0 Å². The van der Waals surface area contributed by atoms with Gasteiger partial charge in [0.05, 0.1) is 17.8 Å². The molecule has 3 atom stereocenters. The average molecular weight is 227 g/mol. The van der Waals surface area contributed by atoms with Crippen molar-refractivity contribution in [2.24, 2.45) is 0 Å². The van der Waals surface area contributed by atoms with Crippen LogP contribution in [0.4, 0.5) is 0 Å². The van der Waals surface area contributed by atoms with Crippen LogP contribution in [0.15, 0.2) is 0 Å². The first kappa shape index (κ1) is 12.3. The smallest absolute Gasteiger partial charge is 0.0757 e. The van der Waals surface area contributed by atoms with Crippen LogP contribution in [0.2, 0.25) is 0 Å². The third-order valence-corrected chi connectivity index (χ3v) is 3.76. The molecule has 1 heterocycles. The third-order valence-electron chi connectivity index (χ3n) is 3.76. The molecule has 1 unspecified atom stereocenters. The van der Waals surface area contributed by atoms with Gasteiger partial charge >= 0.3 is 0 Å². The predicted octanol–water partition coefficient (Wildman–Crippen LogP) is 1.79. The summed E-state index contributed by atoms with van der Waals surface area (Å²) < 4.78 is 5.91. The van der Waals surface area contributed by atoms with Gasteiger partial charge in [-0.1, -0.05) is 12.8 Å². The van der Waals surface area contributed by atoms with E-state index in [-0.39, 0.29) is 17.8 Å². The van der Waals surface area contributed by atoms with Crippen molar-refractivity contribution >= 4 is 0 Å². The lowest BCUT2D eigenvalue weighted by Crippen LogP contribution is -2.58. The fraction of sp³-hybridized carbons (Fsp3) is 1.00. The number of aliphatic hydroxyl groups is 1. The molecular formula is C13H25NO2. The minimum atomic E-state index is -0.130. The minimum absolute atomic E-state index is 0.0746. The number of hydrogen-bond acceptors (Lipinski definition) is 3. The molecule has 1 saturated heterocycles. The predicted molar refractivity (Wildman–Crippen MR) is 64.5 cm³/mol. The number of rotatable bonds is 1. The molecule has 1 N–H and O–H groups in total. The van der Waals surface area contributed by atoms with Gasteiger partial charge in [0.1, 0.15) is 0 Å². The molecule has 1 saturated carbocycles. The normalized spacial score (nSPS) is 40.9. The minimum Gasteiger partial charge on any atom is -0.391 e. The van der Waals surface area contributed by atoms with E-state index < -0.39 is 0 Å². The van der Waals surface area contributed by atoms with E-state index >= 15 is 0 Å². The molecule has 16 heavy (non-hydrogen) atoms. The first-order chi connectivity index (χ1) is 7.48. The quantitative estimate of drug-likeness (QED) is 0.741. The molecular weight excluding hydrogens is 202 g/mol. The number of ether oxygens (including phenoxy) is 1. The summed E-state index contributed by atoms with van der Waals surface area (Å²) >= 11 is 0. The summed E-state index contributed by atoms with van der Waals surface area (Å²) in [6.07, 6.45) is 4.70. The number of hydrogen-bond donors (Lipinski definition) is 1.